The smallest absolute Gasteiger partial charge is 0.181 e. The Morgan fingerprint density at radius 3 is 2.25 bits per heavy atom. The van der Waals surface area contributed by atoms with Gasteiger partial charge in [-0.15, -0.1) is 0 Å². The summed E-state index contributed by atoms with van der Waals surface area (Å²) in [7, 11) is 3.96. The van der Waals surface area contributed by atoms with Crippen molar-refractivity contribution in [1.29, 1.82) is 5.26 Å². The highest BCUT2D eigenvalue weighted by atomic mass is 15.1. The first-order valence-corrected chi connectivity index (χ1v) is 3.66. The zero-order valence-electron chi connectivity index (χ0n) is 7.20. The predicted octanol–water partition coefficient (Wildman–Crippen LogP) is 1.65. The Balaban J connectivity index is 2.80. The molecule has 62 valence electrons. The van der Waals surface area contributed by atoms with Crippen molar-refractivity contribution in [2.75, 3.05) is 24.3 Å². The van der Waals surface area contributed by atoms with Crippen molar-refractivity contribution in [3.8, 4) is 6.19 Å². The molecule has 3 heteroatoms. The molecule has 0 aliphatic heterocycles. The number of anilines is 2. The third-order valence-electron chi connectivity index (χ3n) is 1.58. The molecule has 0 aliphatic carbocycles. The van der Waals surface area contributed by atoms with Gasteiger partial charge in [-0.05, 0) is 24.3 Å². The first-order chi connectivity index (χ1) is 5.74. The fourth-order valence-electron chi connectivity index (χ4n) is 0.907. The molecule has 1 N–H and O–H groups in total. The van der Waals surface area contributed by atoms with Crippen LogP contribution in [0.5, 0.6) is 0 Å². The summed E-state index contributed by atoms with van der Waals surface area (Å²) in [6, 6.07) is 7.66. The Hall–Kier alpha value is -1.69. The Morgan fingerprint density at radius 2 is 1.83 bits per heavy atom. The first-order valence-electron chi connectivity index (χ1n) is 3.66. The monoisotopic (exact) mass is 161 g/mol. The van der Waals surface area contributed by atoms with E-state index in [9.17, 15) is 0 Å². The number of nitrogens with zero attached hydrogens (tertiary/aromatic N) is 2. The van der Waals surface area contributed by atoms with Crippen molar-refractivity contribution in [1.82, 2.24) is 0 Å². The van der Waals surface area contributed by atoms with Gasteiger partial charge >= 0.3 is 0 Å². The van der Waals surface area contributed by atoms with Gasteiger partial charge < -0.3 is 4.90 Å². The van der Waals surface area contributed by atoms with E-state index in [-0.39, 0.29) is 0 Å². The number of benzene rings is 1. The summed E-state index contributed by atoms with van der Waals surface area (Å²) < 4.78 is 0. The standard InChI is InChI=1S/C9H11N3/c1-12(2)9-5-3-8(4-6-9)11-7-10/h3-6,11H,1-2H3. The van der Waals surface area contributed by atoms with Crippen molar-refractivity contribution in [3.05, 3.63) is 24.3 Å². The van der Waals surface area contributed by atoms with Crippen LogP contribution in [0.15, 0.2) is 24.3 Å². The Labute approximate surface area is 72.2 Å². The third-order valence-corrected chi connectivity index (χ3v) is 1.58. The molecule has 3 nitrogen and oxygen atoms in total. The average molecular weight is 161 g/mol. The van der Waals surface area contributed by atoms with Crippen LogP contribution in [0.4, 0.5) is 11.4 Å². The van der Waals surface area contributed by atoms with Gasteiger partial charge in [0.1, 0.15) is 0 Å². The van der Waals surface area contributed by atoms with Crippen molar-refractivity contribution in [2.24, 2.45) is 0 Å². The molecule has 1 aromatic rings. The molecule has 0 bridgehead atoms. The minimum absolute atomic E-state index is 0.822. The van der Waals surface area contributed by atoms with Crippen LogP contribution in [0.3, 0.4) is 0 Å². The summed E-state index contributed by atoms with van der Waals surface area (Å²) >= 11 is 0. The van der Waals surface area contributed by atoms with Crippen molar-refractivity contribution >= 4 is 11.4 Å². The molecule has 0 unspecified atom stereocenters. The summed E-state index contributed by atoms with van der Waals surface area (Å²) in [4.78, 5) is 2.01. The van der Waals surface area contributed by atoms with E-state index in [1.807, 2.05) is 49.5 Å². The van der Waals surface area contributed by atoms with Crippen LogP contribution in [0.25, 0.3) is 0 Å². The van der Waals surface area contributed by atoms with E-state index in [0.717, 1.165) is 11.4 Å². The fraction of sp³-hybridized carbons (Fsp3) is 0.222. The van der Waals surface area contributed by atoms with Gasteiger partial charge in [0.25, 0.3) is 0 Å². The average Bonchev–Trinajstić information content (AvgIpc) is 2.06. The van der Waals surface area contributed by atoms with Crippen LogP contribution < -0.4 is 10.2 Å². The van der Waals surface area contributed by atoms with E-state index in [2.05, 4.69) is 5.32 Å². The molecule has 0 radical (unpaired) electrons. The number of rotatable bonds is 2. The molecule has 0 heterocycles. The zero-order valence-corrected chi connectivity index (χ0v) is 7.20. The van der Waals surface area contributed by atoms with E-state index in [4.69, 9.17) is 5.26 Å². The lowest BCUT2D eigenvalue weighted by atomic mass is 10.3. The van der Waals surface area contributed by atoms with Gasteiger partial charge in [-0.3, -0.25) is 5.32 Å². The lowest BCUT2D eigenvalue weighted by Crippen LogP contribution is -2.08. The minimum Gasteiger partial charge on any atom is -0.378 e. The number of hydrogen-bond donors (Lipinski definition) is 1. The van der Waals surface area contributed by atoms with Gasteiger partial charge in [0.15, 0.2) is 6.19 Å². The maximum absolute atomic E-state index is 8.33. The van der Waals surface area contributed by atoms with E-state index < -0.39 is 0 Å². The van der Waals surface area contributed by atoms with Gasteiger partial charge in [0.2, 0.25) is 0 Å². The zero-order chi connectivity index (χ0) is 8.97. The lowest BCUT2D eigenvalue weighted by molar-refractivity contribution is 1.13. The molecule has 1 rings (SSSR count). The van der Waals surface area contributed by atoms with E-state index >= 15 is 0 Å². The topological polar surface area (TPSA) is 39.1 Å². The normalized spacial score (nSPS) is 8.75. The largest absolute Gasteiger partial charge is 0.378 e. The summed E-state index contributed by atoms with van der Waals surface area (Å²) in [5.74, 6) is 0. The highest BCUT2D eigenvalue weighted by molar-refractivity contribution is 5.55. The Morgan fingerprint density at radius 1 is 1.25 bits per heavy atom. The Bertz CT molecular complexity index is 282. The SMILES string of the molecule is CN(C)c1ccc(NC#N)cc1. The molecule has 0 atom stereocenters. The third kappa shape index (κ3) is 1.89. The van der Waals surface area contributed by atoms with Crippen molar-refractivity contribution in [3.63, 3.8) is 0 Å². The predicted molar refractivity (Wildman–Crippen MR) is 50.0 cm³/mol. The van der Waals surface area contributed by atoms with Crippen LogP contribution >= 0.6 is 0 Å². The molecule has 12 heavy (non-hydrogen) atoms. The molecule has 0 saturated heterocycles. The maximum atomic E-state index is 8.33. The molecule has 0 aromatic heterocycles. The summed E-state index contributed by atoms with van der Waals surface area (Å²) in [5.41, 5.74) is 1.95. The van der Waals surface area contributed by atoms with Crippen molar-refractivity contribution < 1.29 is 0 Å². The molecular weight excluding hydrogens is 150 g/mol. The number of nitrogens with one attached hydrogen (secondary N) is 1. The van der Waals surface area contributed by atoms with E-state index in [1.54, 1.807) is 0 Å². The van der Waals surface area contributed by atoms with Gasteiger partial charge in [0.05, 0.1) is 0 Å². The quantitative estimate of drug-likeness (QED) is 0.529. The minimum atomic E-state index is 0.822. The Kier molecular flexibility index (Phi) is 2.54. The molecule has 0 spiro atoms. The molecule has 1 aromatic carbocycles. The van der Waals surface area contributed by atoms with E-state index in [0.29, 0.717) is 0 Å². The van der Waals surface area contributed by atoms with Gasteiger partial charge in [0, 0.05) is 25.5 Å². The second-order valence-corrected chi connectivity index (χ2v) is 2.68. The van der Waals surface area contributed by atoms with Gasteiger partial charge in [-0.2, -0.15) is 5.26 Å². The molecular formula is C9H11N3. The van der Waals surface area contributed by atoms with Crippen LogP contribution in [0, 0.1) is 11.5 Å². The highest BCUT2D eigenvalue weighted by Crippen LogP contribution is 2.14. The summed E-state index contributed by atoms with van der Waals surface area (Å²) in [6.07, 6.45) is 1.87. The second-order valence-electron chi connectivity index (χ2n) is 2.68. The van der Waals surface area contributed by atoms with Gasteiger partial charge in [-0.25, -0.2) is 0 Å². The highest BCUT2D eigenvalue weighted by Gasteiger charge is 1.93. The molecule has 0 aliphatic rings. The second kappa shape index (κ2) is 3.63. The van der Waals surface area contributed by atoms with Crippen molar-refractivity contribution in [2.45, 2.75) is 0 Å². The summed E-state index contributed by atoms with van der Waals surface area (Å²) in [6.45, 7) is 0. The fourth-order valence-corrected chi connectivity index (χ4v) is 0.907. The maximum Gasteiger partial charge on any atom is 0.181 e. The molecule has 0 saturated carbocycles. The van der Waals surface area contributed by atoms with Crippen LogP contribution in [0.1, 0.15) is 0 Å². The number of hydrogen-bond acceptors (Lipinski definition) is 3. The summed E-state index contributed by atoms with van der Waals surface area (Å²) in [5, 5.41) is 10.9. The van der Waals surface area contributed by atoms with E-state index in [1.165, 1.54) is 0 Å². The first kappa shape index (κ1) is 8.41. The van der Waals surface area contributed by atoms with Crippen LogP contribution in [0.2, 0.25) is 0 Å². The molecule has 0 amide bonds. The number of nitriles is 1. The van der Waals surface area contributed by atoms with Gasteiger partial charge in [-0.1, -0.05) is 0 Å². The molecule has 0 fully saturated rings. The van der Waals surface area contributed by atoms with Crippen LogP contribution in [-0.2, 0) is 0 Å². The van der Waals surface area contributed by atoms with Crippen LogP contribution in [-0.4, -0.2) is 14.1 Å². The lowest BCUT2D eigenvalue weighted by Gasteiger charge is -2.11.